The Labute approximate surface area is 243 Å². The summed E-state index contributed by atoms with van der Waals surface area (Å²) in [6.45, 7) is 4.61. The summed E-state index contributed by atoms with van der Waals surface area (Å²) in [5.41, 5.74) is 1.51. The highest BCUT2D eigenvalue weighted by Crippen LogP contribution is 2.29. The molecule has 39 heavy (non-hydrogen) atoms. The molecule has 2 unspecified atom stereocenters. The number of nitrogens with one attached hydrogen (secondary N) is 1. The second-order valence-electron chi connectivity index (χ2n) is 12.4. The summed E-state index contributed by atoms with van der Waals surface area (Å²) in [5, 5.41) is 0. The van der Waals surface area contributed by atoms with Crippen LogP contribution in [0.25, 0.3) is 0 Å². The van der Waals surface area contributed by atoms with Crippen LogP contribution in [0.3, 0.4) is 0 Å². The molecule has 0 aliphatic rings. The van der Waals surface area contributed by atoms with E-state index in [2.05, 4.69) is 72.5 Å². The Balaban J connectivity index is 1.76. The maximum atomic E-state index is 3.34. The number of imidazole rings is 1. The molecule has 2 nitrogen and oxygen atoms in total. The van der Waals surface area contributed by atoms with E-state index in [-0.39, 0.29) is 0 Å². The van der Waals surface area contributed by atoms with Gasteiger partial charge in [-0.05, 0) is 31.2 Å². The largest absolute Gasteiger partial charge is 0.250 e. The number of H-pyrrole nitrogens is 1. The zero-order chi connectivity index (χ0) is 27.6. The maximum Gasteiger partial charge on any atom is 0.241 e. The van der Waals surface area contributed by atoms with Gasteiger partial charge in [-0.1, -0.05) is 173 Å². The number of benzene rings is 1. The van der Waals surface area contributed by atoms with Gasteiger partial charge in [-0.25, -0.2) is 4.57 Å². The summed E-state index contributed by atoms with van der Waals surface area (Å²) < 4.78 is 2.50. The fourth-order valence-corrected chi connectivity index (χ4v) is 6.39. The molecule has 2 atom stereocenters. The Morgan fingerprint density at radius 3 is 1.49 bits per heavy atom. The van der Waals surface area contributed by atoms with E-state index in [0.717, 1.165) is 0 Å². The average Bonchev–Trinajstić information content (AvgIpc) is 3.49. The van der Waals surface area contributed by atoms with Crippen LogP contribution in [0.15, 0.2) is 49.1 Å². The molecule has 0 amide bonds. The van der Waals surface area contributed by atoms with Crippen molar-refractivity contribution in [1.29, 1.82) is 0 Å². The topological polar surface area (TPSA) is 19.7 Å². The van der Waals surface area contributed by atoms with Crippen molar-refractivity contribution in [2.75, 3.05) is 0 Å². The minimum absolute atomic E-state index is 0.605. The lowest BCUT2D eigenvalue weighted by Gasteiger charge is -2.25. The van der Waals surface area contributed by atoms with Crippen LogP contribution in [0, 0.1) is 5.92 Å². The summed E-state index contributed by atoms with van der Waals surface area (Å²) in [6.07, 6.45) is 40.3. The van der Waals surface area contributed by atoms with Gasteiger partial charge in [-0.2, -0.15) is 0 Å². The summed E-state index contributed by atoms with van der Waals surface area (Å²) in [5.74, 6) is 0.713. The molecule has 0 spiro atoms. The quantitative estimate of drug-likeness (QED) is 0.0863. The smallest absolute Gasteiger partial charge is 0.241 e. The maximum absolute atomic E-state index is 3.34. The van der Waals surface area contributed by atoms with Crippen molar-refractivity contribution in [3.05, 3.63) is 54.6 Å². The molecule has 0 fully saturated rings. The van der Waals surface area contributed by atoms with Crippen LogP contribution in [-0.4, -0.2) is 4.98 Å². The standard InChI is InChI=1S/C37H64N2/c1-3-5-7-9-11-13-14-15-17-19-21-26-30-37(39-32-31-38-34-39)36(33-35-27-23-22-24-28-35)29-25-20-18-16-12-10-8-6-4-2/h22-24,27-28,31-32,34,36-37H,3-21,25-26,29-30,33H2,1-2H3/p+1. The number of nitrogens with zero attached hydrogens (tertiary/aromatic N) is 1. The Kier molecular flexibility index (Phi) is 20.9. The molecule has 2 aromatic rings. The molecule has 2 rings (SSSR count). The third-order valence-electron chi connectivity index (χ3n) is 8.87. The van der Waals surface area contributed by atoms with Crippen LogP contribution in [0.1, 0.15) is 173 Å². The monoisotopic (exact) mass is 538 g/mol. The van der Waals surface area contributed by atoms with Gasteiger partial charge in [0.1, 0.15) is 18.4 Å². The van der Waals surface area contributed by atoms with Crippen molar-refractivity contribution in [2.45, 2.75) is 174 Å². The molecule has 1 heterocycles. The van der Waals surface area contributed by atoms with E-state index in [1.165, 1.54) is 160 Å². The van der Waals surface area contributed by atoms with Crippen LogP contribution in [0.5, 0.6) is 0 Å². The molecule has 0 radical (unpaired) electrons. The van der Waals surface area contributed by atoms with E-state index in [9.17, 15) is 0 Å². The number of rotatable bonds is 27. The number of unbranched alkanes of at least 4 members (excludes halogenated alkanes) is 19. The van der Waals surface area contributed by atoms with E-state index in [0.29, 0.717) is 12.0 Å². The van der Waals surface area contributed by atoms with Gasteiger partial charge in [0, 0.05) is 5.92 Å². The summed E-state index contributed by atoms with van der Waals surface area (Å²) in [7, 11) is 0. The predicted molar refractivity (Wildman–Crippen MR) is 171 cm³/mol. The SMILES string of the molecule is CCCCCCCCCCCCCCC(C(CCCCCCCCCCC)Cc1ccccc1)[n+]1cc[nH]c1. The van der Waals surface area contributed by atoms with Crippen molar-refractivity contribution in [3.63, 3.8) is 0 Å². The van der Waals surface area contributed by atoms with Crippen LogP contribution in [0.2, 0.25) is 0 Å². The number of aromatic amines is 1. The second kappa shape index (κ2) is 24.2. The van der Waals surface area contributed by atoms with Crippen molar-refractivity contribution in [1.82, 2.24) is 4.98 Å². The van der Waals surface area contributed by atoms with E-state index in [1.54, 1.807) is 0 Å². The molecule has 222 valence electrons. The Morgan fingerprint density at radius 1 is 0.564 bits per heavy atom. The van der Waals surface area contributed by atoms with Crippen molar-refractivity contribution < 1.29 is 4.57 Å². The van der Waals surface area contributed by atoms with Crippen molar-refractivity contribution in [3.8, 4) is 0 Å². The summed E-state index contributed by atoms with van der Waals surface area (Å²) in [6, 6.07) is 11.9. The first-order chi connectivity index (χ1) is 19.3. The number of hydrogen-bond acceptors (Lipinski definition) is 0. The van der Waals surface area contributed by atoms with Crippen LogP contribution < -0.4 is 4.57 Å². The highest BCUT2D eigenvalue weighted by atomic mass is 15.1. The van der Waals surface area contributed by atoms with E-state index in [1.807, 2.05) is 0 Å². The van der Waals surface area contributed by atoms with Gasteiger partial charge >= 0.3 is 0 Å². The zero-order valence-corrected chi connectivity index (χ0v) is 26.2. The average molecular weight is 538 g/mol. The Hall–Kier alpha value is -1.57. The van der Waals surface area contributed by atoms with Crippen molar-refractivity contribution in [2.24, 2.45) is 5.92 Å². The van der Waals surface area contributed by atoms with Crippen LogP contribution in [0.4, 0.5) is 0 Å². The minimum atomic E-state index is 0.605. The molecule has 0 saturated carbocycles. The molecule has 0 saturated heterocycles. The number of hydrogen-bond donors (Lipinski definition) is 1. The second-order valence-corrected chi connectivity index (χ2v) is 12.4. The Bertz CT molecular complexity index is 738. The van der Waals surface area contributed by atoms with Crippen LogP contribution >= 0.6 is 0 Å². The molecule has 0 aliphatic carbocycles. The van der Waals surface area contributed by atoms with Gasteiger partial charge < -0.3 is 0 Å². The molecule has 1 N–H and O–H groups in total. The fourth-order valence-electron chi connectivity index (χ4n) is 6.39. The van der Waals surface area contributed by atoms with E-state index in [4.69, 9.17) is 0 Å². The molecular weight excluding hydrogens is 472 g/mol. The third-order valence-corrected chi connectivity index (χ3v) is 8.87. The zero-order valence-electron chi connectivity index (χ0n) is 26.2. The summed E-state index contributed by atoms with van der Waals surface area (Å²) in [4.78, 5) is 3.34. The molecular formula is C37H65N2+. The molecule has 2 heteroatoms. The third kappa shape index (κ3) is 17.0. The van der Waals surface area contributed by atoms with E-state index < -0.39 is 0 Å². The van der Waals surface area contributed by atoms with E-state index >= 15 is 0 Å². The molecule has 1 aromatic carbocycles. The highest BCUT2D eigenvalue weighted by Gasteiger charge is 2.26. The van der Waals surface area contributed by atoms with Gasteiger partial charge in [0.15, 0.2) is 0 Å². The van der Waals surface area contributed by atoms with Crippen molar-refractivity contribution >= 4 is 0 Å². The fraction of sp³-hybridized carbons (Fsp3) is 0.757. The van der Waals surface area contributed by atoms with Gasteiger partial charge in [-0.15, -0.1) is 0 Å². The first-order valence-corrected chi connectivity index (χ1v) is 17.4. The first-order valence-electron chi connectivity index (χ1n) is 17.4. The lowest BCUT2D eigenvalue weighted by atomic mass is 9.84. The lowest BCUT2D eigenvalue weighted by molar-refractivity contribution is -0.730. The minimum Gasteiger partial charge on any atom is -0.250 e. The molecule has 0 bridgehead atoms. The molecule has 1 aromatic heterocycles. The predicted octanol–water partition coefficient (Wildman–Crippen LogP) is 11.7. The summed E-state index contributed by atoms with van der Waals surface area (Å²) >= 11 is 0. The lowest BCUT2D eigenvalue weighted by Crippen LogP contribution is -2.42. The van der Waals surface area contributed by atoms with Gasteiger partial charge in [0.2, 0.25) is 6.33 Å². The normalized spacial score (nSPS) is 13.1. The van der Waals surface area contributed by atoms with Crippen LogP contribution in [-0.2, 0) is 6.42 Å². The highest BCUT2D eigenvalue weighted by molar-refractivity contribution is 5.15. The number of aromatic nitrogens is 2. The van der Waals surface area contributed by atoms with Gasteiger partial charge in [0.05, 0.1) is 0 Å². The van der Waals surface area contributed by atoms with Gasteiger partial charge in [-0.3, -0.25) is 4.98 Å². The molecule has 0 aliphatic heterocycles. The Morgan fingerprint density at radius 2 is 1.03 bits per heavy atom. The first kappa shape index (κ1) is 33.6. The van der Waals surface area contributed by atoms with Gasteiger partial charge in [0.25, 0.3) is 0 Å².